The zero-order valence-electron chi connectivity index (χ0n) is 10.0. The molecule has 5 heteroatoms. The van der Waals surface area contributed by atoms with Crippen LogP contribution in [0.2, 0.25) is 0 Å². The molecule has 0 bridgehead atoms. The number of aromatic nitrogens is 4. The van der Waals surface area contributed by atoms with Gasteiger partial charge in [0.1, 0.15) is 6.33 Å². The molecule has 5 nitrogen and oxygen atoms in total. The second-order valence-electron chi connectivity index (χ2n) is 4.26. The summed E-state index contributed by atoms with van der Waals surface area (Å²) >= 11 is 0. The highest BCUT2D eigenvalue weighted by Gasteiger charge is 2.13. The third-order valence-corrected chi connectivity index (χ3v) is 2.23. The van der Waals surface area contributed by atoms with E-state index in [0.717, 1.165) is 11.2 Å². The van der Waals surface area contributed by atoms with Crippen molar-refractivity contribution in [2.45, 2.75) is 39.8 Å². The molecule has 2 aromatic rings. The molecule has 0 saturated carbocycles. The molecule has 0 radical (unpaired) electrons. The van der Waals surface area contributed by atoms with Gasteiger partial charge in [-0.3, -0.25) is 0 Å². The lowest BCUT2D eigenvalue weighted by Crippen LogP contribution is -2.08. The number of fused-ring (bicyclic) bond motifs is 1. The van der Waals surface area contributed by atoms with Gasteiger partial charge in [0, 0.05) is 6.04 Å². The third-order valence-electron chi connectivity index (χ3n) is 2.23. The van der Waals surface area contributed by atoms with Gasteiger partial charge in [0.2, 0.25) is 5.88 Å². The largest absolute Gasteiger partial charge is 0.473 e. The van der Waals surface area contributed by atoms with Gasteiger partial charge in [0.05, 0.1) is 12.4 Å². The van der Waals surface area contributed by atoms with Crippen LogP contribution in [0.3, 0.4) is 0 Å². The normalized spacial score (nSPS) is 11.6. The van der Waals surface area contributed by atoms with Crippen molar-refractivity contribution in [2.75, 3.05) is 0 Å². The van der Waals surface area contributed by atoms with Crippen molar-refractivity contribution in [3.8, 4) is 5.88 Å². The van der Waals surface area contributed by atoms with Gasteiger partial charge in [-0.25, -0.2) is 9.97 Å². The Morgan fingerprint density at radius 1 is 1.12 bits per heavy atom. The molecular formula is C11H16N4O. The maximum atomic E-state index is 5.59. The highest BCUT2D eigenvalue weighted by molar-refractivity contribution is 5.76. The standard InChI is InChI=1S/C11H16N4O/c1-7(2)15-6-14-9-10(15)12-5-13-11(9)16-8(3)4/h5-8H,1-4H3. The first-order chi connectivity index (χ1) is 7.59. The molecule has 0 amide bonds. The van der Waals surface area contributed by atoms with Crippen molar-refractivity contribution in [1.29, 1.82) is 0 Å². The molecule has 2 aromatic heterocycles. The fourth-order valence-corrected chi connectivity index (χ4v) is 1.52. The smallest absolute Gasteiger partial charge is 0.245 e. The number of ether oxygens (including phenoxy) is 1. The van der Waals surface area contributed by atoms with Gasteiger partial charge in [-0.05, 0) is 27.7 Å². The Morgan fingerprint density at radius 3 is 2.50 bits per heavy atom. The molecule has 0 fully saturated rings. The van der Waals surface area contributed by atoms with E-state index in [4.69, 9.17) is 4.74 Å². The summed E-state index contributed by atoms with van der Waals surface area (Å²) in [6.45, 7) is 8.11. The monoisotopic (exact) mass is 220 g/mol. The fourth-order valence-electron chi connectivity index (χ4n) is 1.52. The van der Waals surface area contributed by atoms with Crippen molar-refractivity contribution in [3.63, 3.8) is 0 Å². The van der Waals surface area contributed by atoms with E-state index in [1.54, 1.807) is 6.33 Å². The van der Waals surface area contributed by atoms with E-state index in [-0.39, 0.29) is 6.10 Å². The van der Waals surface area contributed by atoms with Crippen LogP contribution >= 0.6 is 0 Å². The molecule has 0 aliphatic heterocycles. The van der Waals surface area contributed by atoms with Crippen LogP contribution in [-0.4, -0.2) is 25.6 Å². The average molecular weight is 220 g/mol. The molecule has 0 spiro atoms. The van der Waals surface area contributed by atoms with Crippen LogP contribution in [0.15, 0.2) is 12.7 Å². The van der Waals surface area contributed by atoms with Crippen LogP contribution in [0.5, 0.6) is 5.88 Å². The molecule has 0 N–H and O–H groups in total. The molecule has 0 saturated heterocycles. The molecule has 0 aromatic carbocycles. The molecule has 0 atom stereocenters. The Hall–Kier alpha value is -1.65. The second-order valence-corrected chi connectivity index (χ2v) is 4.26. The third kappa shape index (κ3) is 1.85. The minimum atomic E-state index is 0.0855. The molecule has 2 heterocycles. The van der Waals surface area contributed by atoms with Crippen molar-refractivity contribution in [2.24, 2.45) is 0 Å². The predicted octanol–water partition coefficient (Wildman–Crippen LogP) is 2.19. The van der Waals surface area contributed by atoms with E-state index in [2.05, 4.69) is 28.8 Å². The van der Waals surface area contributed by atoms with Gasteiger partial charge < -0.3 is 9.30 Å². The average Bonchev–Trinajstić information content (AvgIpc) is 2.61. The highest BCUT2D eigenvalue weighted by Crippen LogP contribution is 2.22. The molecule has 0 aliphatic carbocycles. The molecule has 0 aliphatic rings. The van der Waals surface area contributed by atoms with Crippen LogP contribution in [0, 0.1) is 0 Å². The zero-order valence-corrected chi connectivity index (χ0v) is 10.0. The fraction of sp³-hybridized carbons (Fsp3) is 0.545. The minimum absolute atomic E-state index is 0.0855. The van der Waals surface area contributed by atoms with E-state index >= 15 is 0 Å². The van der Waals surface area contributed by atoms with Crippen molar-refractivity contribution in [1.82, 2.24) is 19.5 Å². The van der Waals surface area contributed by atoms with Gasteiger partial charge in [0.15, 0.2) is 11.2 Å². The van der Waals surface area contributed by atoms with Crippen LogP contribution < -0.4 is 4.74 Å². The lowest BCUT2D eigenvalue weighted by atomic mass is 10.4. The summed E-state index contributed by atoms with van der Waals surface area (Å²) in [5.41, 5.74) is 1.55. The summed E-state index contributed by atoms with van der Waals surface area (Å²) in [5, 5.41) is 0. The van der Waals surface area contributed by atoms with E-state index in [1.165, 1.54) is 6.33 Å². The van der Waals surface area contributed by atoms with Crippen LogP contribution in [-0.2, 0) is 0 Å². The van der Waals surface area contributed by atoms with Crippen LogP contribution in [0.1, 0.15) is 33.7 Å². The van der Waals surface area contributed by atoms with Gasteiger partial charge in [-0.1, -0.05) is 0 Å². The number of hydrogen-bond donors (Lipinski definition) is 0. The first-order valence-corrected chi connectivity index (χ1v) is 5.43. The van der Waals surface area contributed by atoms with E-state index in [1.807, 2.05) is 18.4 Å². The van der Waals surface area contributed by atoms with Crippen LogP contribution in [0.4, 0.5) is 0 Å². The lowest BCUT2D eigenvalue weighted by molar-refractivity contribution is 0.235. The molecule has 2 rings (SSSR count). The number of hydrogen-bond acceptors (Lipinski definition) is 4. The lowest BCUT2D eigenvalue weighted by Gasteiger charge is -2.09. The van der Waals surface area contributed by atoms with Gasteiger partial charge >= 0.3 is 0 Å². The molecule has 0 unspecified atom stereocenters. The summed E-state index contributed by atoms with van der Waals surface area (Å²) in [7, 11) is 0. The summed E-state index contributed by atoms with van der Waals surface area (Å²) in [4.78, 5) is 12.7. The summed E-state index contributed by atoms with van der Waals surface area (Å²) < 4.78 is 7.60. The second kappa shape index (κ2) is 4.08. The van der Waals surface area contributed by atoms with Crippen molar-refractivity contribution < 1.29 is 4.74 Å². The first kappa shape index (κ1) is 10.9. The molecule has 86 valence electrons. The Kier molecular flexibility index (Phi) is 2.77. The Bertz CT molecular complexity index is 490. The van der Waals surface area contributed by atoms with Crippen molar-refractivity contribution >= 4 is 11.2 Å². The van der Waals surface area contributed by atoms with Gasteiger partial charge in [0.25, 0.3) is 0 Å². The van der Waals surface area contributed by atoms with Crippen molar-refractivity contribution in [3.05, 3.63) is 12.7 Å². The Morgan fingerprint density at radius 2 is 1.88 bits per heavy atom. The van der Waals surface area contributed by atoms with E-state index in [9.17, 15) is 0 Å². The minimum Gasteiger partial charge on any atom is -0.473 e. The van der Waals surface area contributed by atoms with Gasteiger partial charge in [-0.2, -0.15) is 4.98 Å². The molecule has 16 heavy (non-hydrogen) atoms. The first-order valence-electron chi connectivity index (χ1n) is 5.43. The maximum Gasteiger partial charge on any atom is 0.245 e. The summed E-state index contributed by atoms with van der Waals surface area (Å²) in [6.07, 6.45) is 3.37. The maximum absolute atomic E-state index is 5.59. The van der Waals surface area contributed by atoms with E-state index < -0.39 is 0 Å². The summed E-state index contributed by atoms with van der Waals surface area (Å²) in [6, 6.07) is 0.326. The topological polar surface area (TPSA) is 52.8 Å². The van der Waals surface area contributed by atoms with Gasteiger partial charge in [-0.15, -0.1) is 0 Å². The molecular weight excluding hydrogens is 204 g/mol. The number of rotatable bonds is 3. The Labute approximate surface area is 94.5 Å². The van der Waals surface area contributed by atoms with E-state index in [0.29, 0.717) is 11.9 Å². The zero-order chi connectivity index (χ0) is 11.7. The Balaban J connectivity index is 2.53. The predicted molar refractivity (Wildman–Crippen MR) is 61.5 cm³/mol. The number of imidazole rings is 1. The van der Waals surface area contributed by atoms with Crippen LogP contribution in [0.25, 0.3) is 11.2 Å². The quantitative estimate of drug-likeness (QED) is 0.795. The number of nitrogens with zero attached hydrogens (tertiary/aromatic N) is 4. The summed E-state index contributed by atoms with van der Waals surface area (Å²) in [5.74, 6) is 0.555. The highest BCUT2D eigenvalue weighted by atomic mass is 16.5. The SMILES string of the molecule is CC(C)Oc1ncnc2c1ncn2C(C)C.